The molecule has 0 aliphatic carbocycles. The van der Waals surface area contributed by atoms with Crippen LogP contribution in [0.5, 0.6) is 0 Å². The Balaban J connectivity index is 1.68. The van der Waals surface area contributed by atoms with E-state index < -0.39 is 0 Å². The molecule has 6 aromatic carbocycles. The molecule has 33 heavy (non-hydrogen) atoms. The molecular formula is C32H21Cl. The first-order valence-electron chi connectivity index (χ1n) is 11.1. The molecule has 0 fully saturated rings. The van der Waals surface area contributed by atoms with E-state index in [4.69, 9.17) is 11.6 Å². The second-order valence-corrected chi connectivity index (χ2v) is 8.71. The number of rotatable bonds is 3. The highest BCUT2D eigenvalue weighted by molar-refractivity contribution is 6.34. The molecule has 0 heterocycles. The van der Waals surface area contributed by atoms with Crippen LogP contribution in [0.15, 0.2) is 127 Å². The average molecular weight is 441 g/mol. The first-order chi connectivity index (χ1) is 16.3. The van der Waals surface area contributed by atoms with Gasteiger partial charge in [-0.15, -0.1) is 0 Å². The van der Waals surface area contributed by atoms with Crippen LogP contribution in [0.25, 0.3) is 54.9 Å². The molecule has 0 saturated carbocycles. The lowest BCUT2D eigenvalue weighted by molar-refractivity contribution is 1.56. The highest BCUT2D eigenvalue weighted by atomic mass is 35.5. The van der Waals surface area contributed by atoms with E-state index in [9.17, 15) is 0 Å². The molecule has 0 radical (unpaired) electrons. The van der Waals surface area contributed by atoms with Crippen LogP contribution in [-0.2, 0) is 0 Å². The summed E-state index contributed by atoms with van der Waals surface area (Å²) >= 11 is 6.85. The molecule has 0 saturated heterocycles. The van der Waals surface area contributed by atoms with Crippen molar-refractivity contribution in [1.82, 2.24) is 0 Å². The Labute approximate surface area is 198 Å². The lowest BCUT2D eigenvalue weighted by atomic mass is 9.86. The second kappa shape index (κ2) is 8.24. The van der Waals surface area contributed by atoms with Gasteiger partial charge in [0.25, 0.3) is 0 Å². The molecule has 0 aromatic heterocycles. The fraction of sp³-hybridized carbons (Fsp3) is 0. The normalized spacial score (nSPS) is 11.2. The standard InChI is InChI=1S/C32H21Cl/c33-30-20-19-28(26-18-17-23-16-15-22-9-7-8-14-27(22)29(23)21-26)31(24-10-3-1-4-11-24)32(30)25-12-5-2-6-13-25/h1-21H. The second-order valence-electron chi connectivity index (χ2n) is 8.30. The summed E-state index contributed by atoms with van der Waals surface area (Å²) in [5.41, 5.74) is 6.88. The van der Waals surface area contributed by atoms with Crippen LogP contribution in [0.3, 0.4) is 0 Å². The minimum atomic E-state index is 0.759. The summed E-state index contributed by atoms with van der Waals surface area (Å²) in [4.78, 5) is 0. The van der Waals surface area contributed by atoms with Crippen molar-refractivity contribution in [2.75, 3.05) is 0 Å². The van der Waals surface area contributed by atoms with Crippen molar-refractivity contribution in [2.24, 2.45) is 0 Å². The Morgan fingerprint density at radius 1 is 0.394 bits per heavy atom. The largest absolute Gasteiger partial charge is 0.0836 e. The van der Waals surface area contributed by atoms with E-state index >= 15 is 0 Å². The number of halogens is 1. The first-order valence-corrected chi connectivity index (χ1v) is 11.5. The zero-order chi connectivity index (χ0) is 22.2. The molecule has 1 heteroatoms. The lowest BCUT2D eigenvalue weighted by Gasteiger charge is -2.18. The maximum atomic E-state index is 6.85. The zero-order valence-corrected chi connectivity index (χ0v) is 18.8. The minimum Gasteiger partial charge on any atom is -0.0836 e. The third kappa shape index (κ3) is 3.50. The first kappa shape index (κ1) is 19.8. The highest BCUT2D eigenvalue weighted by Crippen LogP contribution is 2.44. The van der Waals surface area contributed by atoms with Crippen LogP contribution in [0.4, 0.5) is 0 Å². The van der Waals surface area contributed by atoms with E-state index in [1.807, 2.05) is 12.1 Å². The van der Waals surface area contributed by atoms with Crippen LogP contribution >= 0.6 is 11.6 Å². The van der Waals surface area contributed by atoms with Gasteiger partial charge in [-0.05, 0) is 61.5 Å². The highest BCUT2D eigenvalue weighted by Gasteiger charge is 2.17. The molecule has 0 bridgehead atoms. The van der Waals surface area contributed by atoms with E-state index in [1.165, 1.54) is 32.7 Å². The summed E-state index contributed by atoms with van der Waals surface area (Å²) in [6.45, 7) is 0. The van der Waals surface area contributed by atoms with Gasteiger partial charge >= 0.3 is 0 Å². The monoisotopic (exact) mass is 440 g/mol. The minimum absolute atomic E-state index is 0.759. The Morgan fingerprint density at radius 3 is 1.70 bits per heavy atom. The zero-order valence-electron chi connectivity index (χ0n) is 18.0. The van der Waals surface area contributed by atoms with E-state index in [0.29, 0.717) is 0 Å². The van der Waals surface area contributed by atoms with Crippen molar-refractivity contribution in [1.29, 1.82) is 0 Å². The van der Waals surface area contributed by atoms with E-state index in [0.717, 1.165) is 27.3 Å². The summed E-state index contributed by atoms with van der Waals surface area (Å²) < 4.78 is 0. The number of fused-ring (bicyclic) bond motifs is 3. The van der Waals surface area contributed by atoms with Crippen molar-refractivity contribution in [2.45, 2.75) is 0 Å². The maximum absolute atomic E-state index is 6.85. The third-order valence-corrected chi connectivity index (χ3v) is 6.65. The SMILES string of the molecule is Clc1ccc(-c2ccc3ccc4ccccc4c3c2)c(-c2ccccc2)c1-c1ccccc1. The number of benzene rings is 6. The predicted octanol–water partition coefficient (Wildman–Crippen LogP) is 9.65. The molecular weight excluding hydrogens is 420 g/mol. The van der Waals surface area contributed by atoms with Gasteiger partial charge in [-0.25, -0.2) is 0 Å². The van der Waals surface area contributed by atoms with Crippen molar-refractivity contribution < 1.29 is 0 Å². The Bertz CT molecular complexity index is 1600. The van der Waals surface area contributed by atoms with Crippen LogP contribution in [0.1, 0.15) is 0 Å². The molecule has 0 spiro atoms. The van der Waals surface area contributed by atoms with Gasteiger partial charge in [-0.3, -0.25) is 0 Å². The quantitative estimate of drug-likeness (QED) is 0.240. The van der Waals surface area contributed by atoms with Gasteiger partial charge in [0, 0.05) is 10.6 Å². The van der Waals surface area contributed by atoms with Crippen molar-refractivity contribution in [3.05, 3.63) is 132 Å². The van der Waals surface area contributed by atoms with Gasteiger partial charge in [-0.1, -0.05) is 127 Å². The summed E-state index contributed by atoms with van der Waals surface area (Å²) in [6.07, 6.45) is 0. The molecule has 0 nitrogen and oxygen atoms in total. The molecule has 0 aliphatic heterocycles. The molecule has 0 N–H and O–H groups in total. The molecule has 6 rings (SSSR count). The lowest BCUT2D eigenvalue weighted by Crippen LogP contribution is -1.92. The maximum Gasteiger partial charge on any atom is 0.0491 e. The molecule has 0 atom stereocenters. The third-order valence-electron chi connectivity index (χ3n) is 6.34. The number of hydrogen-bond donors (Lipinski definition) is 0. The van der Waals surface area contributed by atoms with Gasteiger partial charge in [0.1, 0.15) is 0 Å². The Kier molecular flexibility index (Phi) is 4.94. The topological polar surface area (TPSA) is 0 Å². The van der Waals surface area contributed by atoms with Crippen LogP contribution in [0.2, 0.25) is 5.02 Å². The molecule has 0 unspecified atom stereocenters. The van der Waals surface area contributed by atoms with Crippen molar-refractivity contribution >= 4 is 33.1 Å². The fourth-order valence-corrected chi connectivity index (χ4v) is 5.05. The summed E-state index contributed by atoms with van der Waals surface area (Å²) in [5, 5.41) is 5.80. The molecule has 0 amide bonds. The van der Waals surface area contributed by atoms with E-state index in [2.05, 4.69) is 115 Å². The van der Waals surface area contributed by atoms with Gasteiger partial charge in [0.05, 0.1) is 0 Å². The van der Waals surface area contributed by atoms with Gasteiger partial charge in [0.15, 0.2) is 0 Å². The molecule has 156 valence electrons. The molecule has 0 aliphatic rings. The summed E-state index contributed by atoms with van der Waals surface area (Å²) in [7, 11) is 0. The van der Waals surface area contributed by atoms with Crippen molar-refractivity contribution in [3.63, 3.8) is 0 Å². The Hall–Kier alpha value is -3.87. The van der Waals surface area contributed by atoms with E-state index in [1.54, 1.807) is 0 Å². The van der Waals surface area contributed by atoms with Crippen molar-refractivity contribution in [3.8, 4) is 33.4 Å². The van der Waals surface area contributed by atoms with Gasteiger partial charge < -0.3 is 0 Å². The molecule has 6 aromatic rings. The smallest absolute Gasteiger partial charge is 0.0491 e. The predicted molar refractivity (Wildman–Crippen MR) is 143 cm³/mol. The number of hydrogen-bond acceptors (Lipinski definition) is 0. The average Bonchev–Trinajstić information content (AvgIpc) is 2.89. The van der Waals surface area contributed by atoms with E-state index in [-0.39, 0.29) is 0 Å². The Morgan fingerprint density at radius 2 is 0.970 bits per heavy atom. The fourth-order valence-electron chi connectivity index (χ4n) is 4.78. The summed E-state index contributed by atoms with van der Waals surface area (Å²) in [5.74, 6) is 0. The van der Waals surface area contributed by atoms with Crippen LogP contribution in [-0.4, -0.2) is 0 Å². The van der Waals surface area contributed by atoms with Crippen LogP contribution < -0.4 is 0 Å². The van der Waals surface area contributed by atoms with Gasteiger partial charge in [-0.2, -0.15) is 0 Å². The van der Waals surface area contributed by atoms with Crippen LogP contribution in [0, 0.1) is 0 Å². The van der Waals surface area contributed by atoms with Gasteiger partial charge in [0.2, 0.25) is 0 Å². The summed E-state index contributed by atoms with van der Waals surface area (Å²) in [6, 6.07) is 44.9.